The third-order valence-electron chi connectivity index (χ3n) is 3.60. The maximum absolute atomic E-state index is 11.9. The van der Waals surface area contributed by atoms with Crippen molar-refractivity contribution in [3.8, 4) is 0 Å². The quantitative estimate of drug-likeness (QED) is 0.832. The van der Waals surface area contributed by atoms with Crippen LogP contribution in [0.2, 0.25) is 0 Å². The smallest absolute Gasteiger partial charge is 0.230 e. The minimum absolute atomic E-state index is 0.111. The predicted octanol–water partition coefficient (Wildman–Crippen LogP) is 4.15. The van der Waals surface area contributed by atoms with E-state index in [1.807, 2.05) is 18.2 Å². The minimum atomic E-state index is 0.111. The second-order valence-corrected chi connectivity index (χ2v) is 6.58. The molecule has 2 rings (SSSR count). The molecular weight excluding hydrogens is 290 g/mol. The summed E-state index contributed by atoms with van der Waals surface area (Å²) in [5.41, 5.74) is 3.79. The summed E-state index contributed by atoms with van der Waals surface area (Å²) in [5.74, 6) is 1.84. The first-order valence-electron chi connectivity index (χ1n) is 7.60. The largest absolute Gasteiger partial charge is 0.355 e. The molecule has 0 unspecified atom stereocenters. The summed E-state index contributed by atoms with van der Waals surface area (Å²) in [6.45, 7) is 4.90. The predicted molar refractivity (Wildman–Crippen MR) is 95.2 cm³/mol. The van der Waals surface area contributed by atoms with Crippen molar-refractivity contribution < 1.29 is 4.79 Å². The Morgan fingerprint density at radius 3 is 2.45 bits per heavy atom. The van der Waals surface area contributed by atoms with Gasteiger partial charge < -0.3 is 5.32 Å². The van der Waals surface area contributed by atoms with Gasteiger partial charge in [0.15, 0.2) is 0 Å². The van der Waals surface area contributed by atoms with E-state index in [4.69, 9.17) is 0 Å². The summed E-state index contributed by atoms with van der Waals surface area (Å²) in [4.78, 5) is 11.9. The molecule has 0 aliphatic heterocycles. The van der Waals surface area contributed by atoms with Crippen LogP contribution in [0, 0.1) is 6.92 Å². The van der Waals surface area contributed by atoms with Gasteiger partial charge in [0, 0.05) is 12.3 Å². The molecule has 2 aromatic rings. The molecule has 0 spiro atoms. The number of hydrogen-bond donors (Lipinski definition) is 1. The van der Waals surface area contributed by atoms with E-state index in [2.05, 4.69) is 55.6 Å². The molecule has 1 amide bonds. The Kier molecular flexibility index (Phi) is 6.53. The maximum atomic E-state index is 11.9. The number of carbonyl (C=O) groups excluding carboxylic acids is 1. The monoisotopic (exact) mass is 313 g/mol. The number of benzene rings is 2. The SMILES string of the molecule is Cc1ccc(CSCC(=O)NC[C@@H](C)c2ccccc2)cc1. The summed E-state index contributed by atoms with van der Waals surface area (Å²) in [5, 5.41) is 3.02. The third-order valence-corrected chi connectivity index (χ3v) is 4.60. The Balaban J connectivity index is 1.66. The number of aryl methyl sites for hydroxylation is 1. The van der Waals surface area contributed by atoms with E-state index in [0.29, 0.717) is 18.2 Å². The highest BCUT2D eigenvalue weighted by atomic mass is 32.2. The van der Waals surface area contributed by atoms with E-state index in [9.17, 15) is 4.79 Å². The topological polar surface area (TPSA) is 29.1 Å². The average molecular weight is 313 g/mol. The van der Waals surface area contributed by atoms with Gasteiger partial charge in [-0.25, -0.2) is 0 Å². The molecule has 1 atom stereocenters. The normalized spacial score (nSPS) is 11.9. The van der Waals surface area contributed by atoms with Crippen LogP contribution in [-0.4, -0.2) is 18.2 Å². The van der Waals surface area contributed by atoms with Crippen molar-refractivity contribution in [2.24, 2.45) is 0 Å². The van der Waals surface area contributed by atoms with Crippen LogP contribution < -0.4 is 5.32 Å². The van der Waals surface area contributed by atoms with Crippen LogP contribution in [0.4, 0.5) is 0 Å². The van der Waals surface area contributed by atoms with Crippen LogP contribution in [0.3, 0.4) is 0 Å². The number of nitrogens with one attached hydrogen (secondary N) is 1. The standard InChI is InChI=1S/C19H23NOS/c1-15-8-10-17(11-9-15)13-22-14-19(21)20-12-16(2)18-6-4-3-5-7-18/h3-11,16H,12-14H2,1-2H3,(H,20,21)/t16-/m1/s1. The minimum Gasteiger partial charge on any atom is -0.355 e. The van der Waals surface area contributed by atoms with Gasteiger partial charge in [0.05, 0.1) is 5.75 Å². The molecule has 116 valence electrons. The van der Waals surface area contributed by atoms with Crippen LogP contribution >= 0.6 is 11.8 Å². The Morgan fingerprint density at radius 1 is 1.09 bits per heavy atom. The van der Waals surface area contributed by atoms with Crippen LogP contribution in [0.5, 0.6) is 0 Å². The zero-order valence-electron chi connectivity index (χ0n) is 13.2. The molecule has 3 heteroatoms. The lowest BCUT2D eigenvalue weighted by molar-refractivity contribution is -0.118. The van der Waals surface area contributed by atoms with Crippen LogP contribution in [0.1, 0.15) is 29.5 Å². The molecule has 22 heavy (non-hydrogen) atoms. The average Bonchev–Trinajstić information content (AvgIpc) is 2.55. The highest BCUT2D eigenvalue weighted by Gasteiger charge is 2.07. The van der Waals surface area contributed by atoms with Crippen molar-refractivity contribution in [3.63, 3.8) is 0 Å². The lowest BCUT2D eigenvalue weighted by atomic mass is 10.0. The Hall–Kier alpha value is -1.74. The maximum Gasteiger partial charge on any atom is 0.230 e. The highest BCUT2D eigenvalue weighted by Crippen LogP contribution is 2.14. The first kappa shape index (κ1) is 16.6. The molecule has 0 saturated heterocycles. The fourth-order valence-electron chi connectivity index (χ4n) is 2.16. The summed E-state index contributed by atoms with van der Waals surface area (Å²) in [7, 11) is 0. The molecule has 0 heterocycles. The van der Waals surface area contributed by atoms with E-state index in [1.165, 1.54) is 16.7 Å². The molecule has 2 aromatic carbocycles. The van der Waals surface area contributed by atoms with Gasteiger partial charge in [-0.3, -0.25) is 4.79 Å². The molecule has 0 saturated carbocycles. The number of amides is 1. The molecule has 0 radical (unpaired) electrons. The van der Waals surface area contributed by atoms with Crippen molar-refractivity contribution in [2.75, 3.05) is 12.3 Å². The van der Waals surface area contributed by atoms with Gasteiger partial charge in [-0.15, -0.1) is 11.8 Å². The van der Waals surface area contributed by atoms with Gasteiger partial charge in [0.25, 0.3) is 0 Å². The van der Waals surface area contributed by atoms with Gasteiger partial charge in [-0.1, -0.05) is 67.1 Å². The van der Waals surface area contributed by atoms with Gasteiger partial charge in [-0.2, -0.15) is 0 Å². The van der Waals surface area contributed by atoms with Crippen LogP contribution in [0.15, 0.2) is 54.6 Å². The van der Waals surface area contributed by atoms with Crippen molar-refractivity contribution in [2.45, 2.75) is 25.5 Å². The van der Waals surface area contributed by atoms with Crippen LogP contribution in [-0.2, 0) is 10.5 Å². The number of thioether (sulfide) groups is 1. The highest BCUT2D eigenvalue weighted by molar-refractivity contribution is 7.99. The zero-order chi connectivity index (χ0) is 15.8. The molecule has 1 N–H and O–H groups in total. The first-order valence-corrected chi connectivity index (χ1v) is 8.75. The second-order valence-electron chi connectivity index (χ2n) is 5.59. The van der Waals surface area contributed by atoms with Crippen molar-refractivity contribution in [3.05, 3.63) is 71.3 Å². The molecule has 0 aliphatic carbocycles. The van der Waals surface area contributed by atoms with Crippen molar-refractivity contribution >= 4 is 17.7 Å². The van der Waals surface area contributed by atoms with Crippen LogP contribution in [0.25, 0.3) is 0 Å². The third kappa shape index (κ3) is 5.57. The number of carbonyl (C=O) groups is 1. The molecule has 0 fully saturated rings. The van der Waals surface area contributed by atoms with E-state index in [-0.39, 0.29) is 5.91 Å². The number of rotatable bonds is 7. The summed E-state index contributed by atoms with van der Waals surface area (Å²) in [6, 6.07) is 18.7. The van der Waals surface area contributed by atoms with E-state index < -0.39 is 0 Å². The van der Waals surface area contributed by atoms with Crippen molar-refractivity contribution in [1.29, 1.82) is 0 Å². The molecule has 0 aliphatic rings. The molecule has 0 aromatic heterocycles. The summed E-state index contributed by atoms with van der Waals surface area (Å²) >= 11 is 1.66. The Bertz CT molecular complexity index is 580. The molecule has 2 nitrogen and oxygen atoms in total. The molecular formula is C19H23NOS. The molecule has 0 bridgehead atoms. The summed E-state index contributed by atoms with van der Waals surface area (Å²) in [6.07, 6.45) is 0. The lowest BCUT2D eigenvalue weighted by Gasteiger charge is -2.13. The van der Waals surface area contributed by atoms with E-state index in [1.54, 1.807) is 11.8 Å². The zero-order valence-corrected chi connectivity index (χ0v) is 14.0. The van der Waals surface area contributed by atoms with Gasteiger partial charge in [-0.05, 0) is 24.0 Å². The van der Waals surface area contributed by atoms with Gasteiger partial charge in [0.1, 0.15) is 0 Å². The Morgan fingerprint density at radius 2 is 1.77 bits per heavy atom. The van der Waals surface area contributed by atoms with Crippen molar-refractivity contribution in [1.82, 2.24) is 5.32 Å². The summed E-state index contributed by atoms with van der Waals surface area (Å²) < 4.78 is 0. The first-order chi connectivity index (χ1) is 10.6. The second kappa shape index (κ2) is 8.64. The fourth-order valence-corrected chi connectivity index (χ4v) is 2.98. The van der Waals surface area contributed by atoms with Gasteiger partial charge in [0.2, 0.25) is 5.91 Å². The number of hydrogen-bond acceptors (Lipinski definition) is 2. The Labute approximate surface area is 137 Å². The van der Waals surface area contributed by atoms with E-state index >= 15 is 0 Å². The van der Waals surface area contributed by atoms with Gasteiger partial charge >= 0.3 is 0 Å². The lowest BCUT2D eigenvalue weighted by Crippen LogP contribution is -2.29. The fraction of sp³-hybridized carbons (Fsp3) is 0.316. The van der Waals surface area contributed by atoms with E-state index in [0.717, 1.165) is 5.75 Å².